The number of carbonyl (C=O) groups is 1. The Morgan fingerprint density at radius 3 is 2.60 bits per heavy atom. The molecule has 1 amide bonds. The lowest BCUT2D eigenvalue weighted by Crippen LogP contribution is -2.26. The van der Waals surface area contributed by atoms with Gasteiger partial charge in [0.1, 0.15) is 13.2 Å². The Morgan fingerprint density at radius 1 is 1.20 bits per heavy atom. The molecule has 1 atom stereocenters. The van der Waals surface area contributed by atoms with Gasteiger partial charge in [0.2, 0.25) is 0 Å². The third-order valence-electron chi connectivity index (χ3n) is 3.85. The summed E-state index contributed by atoms with van der Waals surface area (Å²) in [5, 5.41) is 23.1. The molecule has 2 aromatic rings. The van der Waals surface area contributed by atoms with E-state index in [2.05, 4.69) is 5.32 Å². The summed E-state index contributed by atoms with van der Waals surface area (Å²) in [6.07, 6.45) is 0. The number of rotatable bonds is 4. The van der Waals surface area contributed by atoms with E-state index in [0.29, 0.717) is 24.7 Å². The van der Waals surface area contributed by atoms with Gasteiger partial charge in [-0.2, -0.15) is 0 Å². The molecule has 0 spiro atoms. The van der Waals surface area contributed by atoms with Crippen LogP contribution < -0.4 is 14.8 Å². The first-order chi connectivity index (χ1) is 12.0. The molecule has 2 aromatic carbocycles. The average molecular weight is 344 g/mol. The van der Waals surface area contributed by atoms with Gasteiger partial charge in [-0.3, -0.25) is 14.9 Å². The van der Waals surface area contributed by atoms with Crippen LogP contribution in [0.2, 0.25) is 0 Å². The summed E-state index contributed by atoms with van der Waals surface area (Å²) in [7, 11) is 0. The number of aromatic hydroxyl groups is 1. The van der Waals surface area contributed by atoms with Gasteiger partial charge in [0, 0.05) is 11.6 Å². The zero-order valence-corrected chi connectivity index (χ0v) is 13.4. The fourth-order valence-electron chi connectivity index (χ4n) is 2.51. The van der Waals surface area contributed by atoms with Crippen molar-refractivity contribution < 1.29 is 24.3 Å². The molecule has 0 aromatic heterocycles. The van der Waals surface area contributed by atoms with Crippen LogP contribution in [0.4, 0.5) is 5.69 Å². The van der Waals surface area contributed by atoms with Gasteiger partial charge in [-0.05, 0) is 36.8 Å². The molecular formula is C17H16N2O6. The van der Waals surface area contributed by atoms with Crippen molar-refractivity contribution in [2.24, 2.45) is 0 Å². The maximum Gasteiger partial charge on any atom is 0.310 e. The zero-order chi connectivity index (χ0) is 18.0. The van der Waals surface area contributed by atoms with E-state index in [-0.39, 0.29) is 11.6 Å². The maximum atomic E-state index is 12.3. The molecule has 1 aliphatic heterocycles. The quantitative estimate of drug-likeness (QED) is 0.651. The van der Waals surface area contributed by atoms with Crippen LogP contribution in [0.3, 0.4) is 0 Å². The van der Waals surface area contributed by atoms with Crippen LogP contribution in [-0.2, 0) is 0 Å². The minimum atomic E-state index is -0.713. The first-order valence-electron chi connectivity index (χ1n) is 7.63. The number of phenols is 1. The summed E-state index contributed by atoms with van der Waals surface area (Å²) in [4.78, 5) is 22.3. The maximum absolute atomic E-state index is 12.3. The van der Waals surface area contributed by atoms with Crippen LogP contribution in [0, 0.1) is 10.1 Å². The van der Waals surface area contributed by atoms with Crippen molar-refractivity contribution in [3.05, 3.63) is 57.6 Å². The number of ether oxygens (including phenoxy) is 2. The number of benzene rings is 2. The summed E-state index contributed by atoms with van der Waals surface area (Å²) >= 11 is 0. The molecule has 1 heterocycles. The Labute approximate surface area is 143 Å². The van der Waals surface area contributed by atoms with Crippen molar-refractivity contribution in [3.63, 3.8) is 0 Å². The van der Waals surface area contributed by atoms with Gasteiger partial charge in [-0.25, -0.2) is 0 Å². The van der Waals surface area contributed by atoms with E-state index in [9.17, 15) is 20.0 Å². The Kier molecular flexibility index (Phi) is 4.42. The summed E-state index contributed by atoms with van der Waals surface area (Å²) < 4.78 is 11.0. The number of nitro benzene ring substituents is 1. The van der Waals surface area contributed by atoms with E-state index >= 15 is 0 Å². The van der Waals surface area contributed by atoms with E-state index in [0.717, 1.165) is 17.7 Å². The highest BCUT2D eigenvalue weighted by Crippen LogP contribution is 2.33. The van der Waals surface area contributed by atoms with E-state index in [1.54, 1.807) is 19.1 Å². The highest BCUT2D eigenvalue weighted by molar-refractivity contribution is 5.95. The monoisotopic (exact) mass is 344 g/mol. The second-order valence-corrected chi connectivity index (χ2v) is 5.56. The molecule has 3 rings (SSSR count). The topological polar surface area (TPSA) is 111 Å². The number of amides is 1. The van der Waals surface area contributed by atoms with Gasteiger partial charge < -0.3 is 19.9 Å². The summed E-state index contributed by atoms with van der Waals surface area (Å²) in [5.41, 5.74) is 0.507. The number of carbonyl (C=O) groups excluding carboxylic acids is 1. The fraction of sp³-hybridized carbons (Fsp3) is 0.235. The van der Waals surface area contributed by atoms with Gasteiger partial charge in [0.25, 0.3) is 5.91 Å². The van der Waals surface area contributed by atoms with E-state index in [1.807, 2.05) is 6.07 Å². The molecule has 2 N–H and O–H groups in total. The van der Waals surface area contributed by atoms with Crippen LogP contribution in [0.15, 0.2) is 36.4 Å². The fourth-order valence-corrected chi connectivity index (χ4v) is 2.51. The van der Waals surface area contributed by atoms with Gasteiger partial charge >= 0.3 is 5.69 Å². The normalized spacial score (nSPS) is 13.8. The van der Waals surface area contributed by atoms with Gasteiger partial charge in [0.15, 0.2) is 17.2 Å². The Hall–Kier alpha value is -3.29. The number of hydrogen-bond donors (Lipinski definition) is 2. The van der Waals surface area contributed by atoms with E-state index < -0.39 is 22.3 Å². The summed E-state index contributed by atoms with van der Waals surface area (Å²) in [6.45, 7) is 2.77. The molecule has 0 radical (unpaired) electrons. The Bertz CT molecular complexity index is 836. The highest BCUT2D eigenvalue weighted by atomic mass is 16.6. The molecule has 0 saturated heterocycles. The smallest absolute Gasteiger partial charge is 0.310 e. The van der Waals surface area contributed by atoms with Gasteiger partial charge in [0.05, 0.1) is 11.0 Å². The van der Waals surface area contributed by atoms with Crippen LogP contribution in [0.5, 0.6) is 17.2 Å². The largest absolute Gasteiger partial charge is 0.502 e. The van der Waals surface area contributed by atoms with Crippen molar-refractivity contribution in [2.45, 2.75) is 13.0 Å². The van der Waals surface area contributed by atoms with Crippen LogP contribution >= 0.6 is 0 Å². The molecule has 1 aliphatic rings. The lowest BCUT2D eigenvalue weighted by molar-refractivity contribution is -0.385. The predicted molar refractivity (Wildman–Crippen MR) is 88.1 cm³/mol. The number of nitrogens with zero attached hydrogens (tertiary/aromatic N) is 1. The SMILES string of the molecule is C[C@@H](NC(=O)c1ccc([N+](=O)[O-])c(O)c1)c1ccc2c(c1)OCCO2. The van der Waals surface area contributed by atoms with Crippen LogP contribution in [-0.4, -0.2) is 29.2 Å². The molecule has 8 heteroatoms. The molecule has 130 valence electrons. The van der Waals surface area contributed by atoms with Gasteiger partial charge in [-0.15, -0.1) is 0 Å². The van der Waals surface area contributed by atoms with Crippen molar-refractivity contribution in [2.75, 3.05) is 13.2 Å². The molecule has 0 unspecified atom stereocenters. The lowest BCUT2D eigenvalue weighted by atomic mass is 10.1. The summed E-state index contributed by atoms with van der Waals surface area (Å²) in [5.74, 6) is 0.281. The number of hydrogen-bond acceptors (Lipinski definition) is 6. The van der Waals surface area contributed by atoms with E-state index in [1.165, 1.54) is 6.07 Å². The Balaban J connectivity index is 1.74. The summed E-state index contributed by atoms with van der Waals surface area (Å²) in [6, 6.07) is 8.54. The number of fused-ring (bicyclic) bond motifs is 1. The zero-order valence-electron chi connectivity index (χ0n) is 13.4. The number of nitrogens with one attached hydrogen (secondary N) is 1. The van der Waals surface area contributed by atoms with Crippen molar-refractivity contribution in [3.8, 4) is 17.2 Å². The Morgan fingerprint density at radius 2 is 1.92 bits per heavy atom. The minimum absolute atomic E-state index is 0.132. The standard InChI is InChI=1S/C17H16N2O6/c1-10(11-3-5-15-16(9-11)25-7-6-24-15)18-17(21)12-2-4-13(19(22)23)14(20)8-12/h2-5,8-10,20H,6-7H2,1H3,(H,18,21)/t10-/m1/s1. The number of phenolic OH excluding ortho intramolecular Hbond substituents is 1. The minimum Gasteiger partial charge on any atom is -0.502 e. The average Bonchev–Trinajstić information content (AvgIpc) is 2.60. The van der Waals surface area contributed by atoms with E-state index in [4.69, 9.17) is 9.47 Å². The van der Waals surface area contributed by atoms with Crippen molar-refractivity contribution in [1.82, 2.24) is 5.32 Å². The molecule has 0 bridgehead atoms. The molecular weight excluding hydrogens is 328 g/mol. The third kappa shape index (κ3) is 3.47. The van der Waals surface area contributed by atoms with Crippen LogP contribution in [0.1, 0.15) is 28.9 Å². The van der Waals surface area contributed by atoms with Gasteiger partial charge in [-0.1, -0.05) is 6.07 Å². The van der Waals surface area contributed by atoms with Crippen LogP contribution in [0.25, 0.3) is 0 Å². The van der Waals surface area contributed by atoms with Crippen molar-refractivity contribution >= 4 is 11.6 Å². The number of nitro groups is 1. The first-order valence-corrected chi connectivity index (χ1v) is 7.63. The van der Waals surface area contributed by atoms with Crippen molar-refractivity contribution in [1.29, 1.82) is 0 Å². The lowest BCUT2D eigenvalue weighted by Gasteiger charge is -2.21. The molecule has 8 nitrogen and oxygen atoms in total. The second kappa shape index (κ2) is 6.68. The third-order valence-corrected chi connectivity index (χ3v) is 3.85. The molecule has 25 heavy (non-hydrogen) atoms. The molecule has 0 saturated carbocycles. The highest BCUT2D eigenvalue weighted by Gasteiger charge is 2.19. The first kappa shape index (κ1) is 16.6. The molecule has 0 fully saturated rings. The molecule has 0 aliphatic carbocycles. The second-order valence-electron chi connectivity index (χ2n) is 5.56. The predicted octanol–water partition coefficient (Wildman–Crippen LogP) is 2.56.